The number of pyridine rings is 2. The molecule has 0 N–H and O–H groups in total. The minimum absolute atomic E-state index is 0.252. The lowest BCUT2D eigenvalue weighted by molar-refractivity contribution is -0.108. The van der Waals surface area contributed by atoms with E-state index in [0.29, 0.717) is 11.4 Å². The summed E-state index contributed by atoms with van der Waals surface area (Å²) in [6, 6.07) is 10.1. The zero-order valence-electron chi connectivity index (χ0n) is 14.1. The zero-order chi connectivity index (χ0) is 17.5. The molecular weight excluding hydrogens is 312 g/mol. The third-order valence-corrected chi connectivity index (χ3v) is 3.35. The maximum absolute atomic E-state index is 12.7. The van der Waals surface area contributed by atoms with E-state index in [2.05, 4.69) is 9.97 Å². The van der Waals surface area contributed by atoms with Crippen molar-refractivity contribution in [3.8, 4) is 0 Å². The van der Waals surface area contributed by atoms with Gasteiger partial charge in [-0.2, -0.15) is 0 Å². The fourth-order valence-electron chi connectivity index (χ4n) is 2.23. The number of methoxy groups -OCH3 is 4. The van der Waals surface area contributed by atoms with Gasteiger partial charge in [0.25, 0.3) is 0 Å². The van der Waals surface area contributed by atoms with E-state index in [-0.39, 0.29) is 17.2 Å². The van der Waals surface area contributed by atoms with Gasteiger partial charge in [0.2, 0.25) is 18.4 Å². The molecule has 2 aromatic heterocycles. The molecule has 2 aromatic rings. The first-order valence-electron chi connectivity index (χ1n) is 7.24. The predicted molar refractivity (Wildman–Crippen MR) is 85.4 cm³/mol. The monoisotopic (exact) mass is 332 g/mol. The zero-order valence-corrected chi connectivity index (χ0v) is 14.1. The van der Waals surface area contributed by atoms with Gasteiger partial charge in [0.1, 0.15) is 11.4 Å². The number of carbonyl (C=O) groups excluding carboxylic acids is 1. The number of hydrogen-bond acceptors (Lipinski definition) is 7. The minimum atomic E-state index is -0.636. The van der Waals surface area contributed by atoms with E-state index in [4.69, 9.17) is 18.9 Å². The van der Waals surface area contributed by atoms with Crippen molar-refractivity contribution in [3.05, 3.63) is 59.2 Å². The highest BCUT2D eigenvalue weighted by Crippen LogP contribution is 2.18. The van der Waals surface area contributed by atoms with Gasteiger partial charge in [-0.3, -0.25) is 4.79 Å². The van der Waals surface area contributed by atoms with Gasteiger partial charge in [0.05, 0.1) is 11.4 Å². The van der Waals surface area contributed by atoms with Crippen LogP contribution in [-0.4, -0.2) is 44.2 Å². The molecule has 0 aliphatic rings. The number of ketones is 1. The van der Waals surface area contributed by atoms with Crippen molar-refractivity contribution in [3.63, 3.8) is 0 Å². The maximum atomic E-state index is 12.7. The summed E-state index contributed by atoms with van der Waals surface area (Å²) in [6.07, 6.45) is -1.27. The molecule has 0 aliphatic heterocycles. The number of rotatable bonds is 8. The second kappa shape index (κ2) is 8.60. The molecule has 0 aliphatic carbocycles. The van der Waals surface area contributed by atoms with E-state index in [9.17, 15) is 4.79 Å². The van der Waals surface area contributed by atoms with Crippen LogP contribution in [0.2, 0.25) is 0 Å². The highest BCUT2D eigenvalue weighted by molar-refractivity contribution is 6.06. The molecule has 7 heteroatoms. The maximum Gasteiger partial charge on any atom is 0.229 e. The standard InChI is InChI=1S/C17H20N2O5/c1-21-16(22-2)13-9-5-7-11(18-13)15(20)12-8-6-10-14(19-12)17(23-3)24-4/h5-10,16-17H,1-4H3. The van der Waals surface area contributed by atoms with Crippen LogP contribution in [0.15, 0.2) is 36.4 Å². The van der Waals surface area contributed by atoms with Crippen molar-refractivity contribution in [2.75, 3.05) is 28.4 Å². The van der Waals surface area contributed by atoms with Gasteiger partial charge in [-0.05, 0) is 24.3 Å². The molecule has 0 fully saturated rings. The predicted octanol–water partition coefficient (Wildman–Crippen LogP) is 2.29. The summed E-state index contributed by atoms with van der Waals surface area (Å²) in [5, 5.41) is 0. The number of carbonyl (C=O) groups is 1. The van der Waals surface area contributed by atoms with Crippen molar-refractivity contribution < 1.29 is 23.7 Å². The van der Waals surface area contributed by atoms with Crippen LogP contribution in [0.1, 0.15) is 40.2 Å². The third-order valence-electron chi connectivity index (χ3n) is 3.35. The summed E-state index contributed by atoms with van der Waals surface area (Å²) in [7, 11) is 6.02. The molecule has 0 unspecified atom stereocenters. The summed E-state index contributed by atoms with van der Waals surface area (Å²) in [5.74, 6) is -0.310. The Kier molecular flexibility index (Phi) is 6.51. The number of hydrogen-bond donors (Lipinski definition) is 0. The molecule has 0 spiro atoms. The van der Waals surface area contributed by atoms with Gasteiger partial charge in [0.15, 0.2) is 0 Å². The van der Waals surface area contributed by atoms with Gasteiger partial charge in [-0.1, -0.05) is 12.1 Å². The fourth-order valence-corrected chi connectivity index (χ4v) is 2.23. The van der Waals surface area contributed by atoms with E-state index in [1.165, 1.54) is 28.4 Å². The Balaban J connectivity index is 2.32. The van der Waals surface area contributed by atoms with Crippen LogP contribution in [-0.2, 0) is 18.9 Å². The van der Waals surface area contributed by atoms with Gasteiger partial charge < -0.3 is 18.9 Å². The molecule has 0 amide bonds. The van der Waals surface area contributed by atoms with E-state index in [0.717, 1.165) is 0 Å². The molecule has 128 valence electrons. The molecule has 24 heavy (non-hydrogen) atoms. The number of nitrogens with zero attached hydrogens (tertiary/aromatic N) is 2. The van der Waals surface area contributed by atoms with Crippen LogP contribution in [0, 0.1) is 0 Å². The fraction of sp³-hybridized carbons (Fsp3) is 0.353. The van der Waals surface area contributed by atoms with Crippen LogP contribution in [0.5, 0.6) is 0 Å². The minimum Gasteiger partial charge on any atom is -0.350 e. The molecule has 2 heterocycles. The molecule has 0 bridgehead atoms. The molecule has 7 nitrogen and oxygen atoms in total. The van der Waals surface area contributed by atoms with Gasteiger partial charge in [-0.15, -0.1) is 0 Å². The molecule has 2 rings (SSSR count). The normalized spacial score (nSPS) is 11.2. The van der Waals surface area contributed by atoms with Crippen molar-refractivity contribution >= 4 is 5.78 Å². The Morgan fingerprint density at radius 2 is 1.12 bits per heavy atom. The third kappa shape index (κ3) is 4.01. The van der Waals surface area contributed by atoms with Crippen LogP contribution in [0.4, 0.5) is 0 Å². The van der Waals surface area contributed by atoms with Gasteiger partial charge in [0, 0.05) is 28.4 Å². The average molecular weight is 332 g/mol. The number of ether oxygens (including phenoxy) is 4. The van der Waals surface area contributed by atoms with E-state index in [1.807, 2.05) is 0 Å². The Morgan fingerprint density at radius 3 is 1.46 bits per heavy atom. The summed E-state index contributed by atoms with van der Waals surface area (Å²) >= 11 is 0. The van der Waals surface area contributed by atoms with Crippen LogP contribution < -0.4 is 0 Å². The van der Waals surface area contributed by atoms with Gasteiger partial charge in [-0.25, -0.2) is 9.97 Å². The Hall–Kier alpha value is -2.19. The van der Waals surface area contributed by atoms with Crippen molar-refractivity contribution in [1.82, 2.24) is 9.97 Å². The Labute approximate surface area is 140 Å². The Morgan fingerprint density at radius 1 is 0.750 bits per heavy atom. The SMILES string of the molecule is COC(OC)c1cccc(C(=O)c2cccc(C(OC)OC)n2)n1. The van der Waals surface area contributed by atoms with E-state index < -0.39 is 12.6 Å². The summed E-state index contributed by atoms with van der Waals surface area (Å²) < 4.78 is 20.6. The lowest BCUT2D eigenvalue weighted by Gasteiger charge is -2.14. The van der Waals surface area contributed by atoms with E-state index in [1.54, 1.807) is 36.4 Å². The number of aromatic nitrogens is 2. The van der Waals surface area contributed by atoms with Crippen molar-refractivity contribution in [2.24, 2.45) is 0 Å². The van der Waals surface area contributed by atoms with Crippen molar-refractivity contribution in [2.45, 2.75) is 12.6 Å². The molecule has 0 radical (unpaired) electrons. The lowest BCUT2D eigenvalue weighted by Crippen LogP contribution is -2.13. The highest BCUT2D eigenvalue weighted by atomic mass is 16.7. The first-order valence-corrected chi connectivity index (χ1v) is 7.24. The quantitative estimate of drug-likeness (QED) is 0.542. The summed E-state index contributed by atoms with van der Waals surface area (Å²) in [5.41, 5.74) is 1.52. The van der Waals surface area contributed by atoms with Crippen LogP contribution in [0.25, 0.3) is 0 Å². The first kappa shape index (κ1) is 18.2. The van der Waals surface area contributed by atoms with Gasteiger partial charge >= 0.3 is 0 Å². The Bertz CT molecular complexity index is 627. The lowest BCUT2D eigenvalue weighted by atomic mass is 10.1. The smallest absolute Gasteiger partial charge is 0.229 e. The molecule has 0 atom stereocenters. The van der Waals surface area contributed by atoms with Crippen molar-refractivity contribution in [1.29, 1.82) is 0 Å². The van der Waals surface area contributed by atoms with Crippen LogP contribution in [0.3, 0.4) is 0 Å². The van der Waals surface area contributed by atoms with E-state index >= 15 is 0 Å². The molecule has 0 saturated carbocycles. The van der Waals surface area contributed by atoms with Crippen LogP contribution >= 0.6 is 0 Å². The topological polar surface area (TPSA) is 79.8 Å². The second-order valence-corrected chi connectivity index (χ2v) is 4.83. The summed E-state index contributed by atoms with van der Waals surface area (Å²) in [4.78, 5) is 21.3. The highest BCUT2D eigenvalue weighted by Gasteiger charge is 2.18. The second-order valence-electron chi connectivity index (χ2n) is 4.83. The average Bonchev–Trinajstić information content (AvgIpc) is 2.64. The molecule has 0 saturated heterocycles. The molecular formula is C17H20N2O5. The molecule has 0 aromatic carbocycles. The summed E-state index contributed by atoms with van der Waals surface area (Å²) in [6.45, 7) is 0. The largest absolute Gasteiger partial charge is 0.350 e. The first-order chi connectivity index (χ1) is 11.6.